The highest BCUT2D eigenvalue weighted by Crippen LogP contribution is 2.19. The Labute approximate surface area is 173 Å². The highest BCUT2D eigenvalue weighted by atomic mass is 32.2. The molecule has 1 aromatic carbocycles. The van der Waals surface area contributed by atoms with E-state index in [-0.39, 0.29) is 11.4 Å². The first-order valence-corrected chi connectivity index (χ1v) is 11.1. The highest BCUT2D eigenvalue weighted by molar-refractivity contribution is 7.89. The van der Waals surface area contributed by atoms with Crippen LogP contribution in [-0.2, 0) is 16.6 Å². The summed E-state index contributed by atoms with van der Waals surface area (Å²) < 4.78 is 32.9. The van der Waals surface area contributed by atoms with Crippen molar-refractivity contribution in [2.75, 3.05) is 37.0 Å². The number of benzene rings is 1. The Morgan fingerprint density at radius 2 is 1.93 bits per heavy atom. The van der Waals surface area contributed by atoms with Crippen LogP contribution in [0.3, 0.4) is 0 Å². The van der Waals surface area contributed by atoms with Crippen LogP contribution in [0.25, 0.3) is 11.1 Å². The third-order valence-electron chi connectivity index (χ3n) is 4.82. The largest absolute Gasteiger partial charge is 0.417 e. The summed E-state index contributed by atoms with van der Waals surface area (Å²) in [5.74, 6) is 0.715. The number of hydrogen-bond acceptors (Lipinski definition) is 9. The van der Waals surface area contributed by atoms with Gasteiger partial charge in [0.05, 0.1) is 17.0 Å². The average molecular weight is 433 g/mol. The van der Waals surface area contributed by atoms with E-state index in [1.54, 1.807) is 4.90 Å². The van der Waals surface area contributed by atoms with Crippen molar-refractivity contribution >= 4 is 33.0 Å². The number of oxazole rings is 1. The summed E-state index contributed by atoms with van der Waals surface area (Å²) >= 11 is 0. The second-order valence-corrected chi connectivity index (χ2v) is 9.06. The van der Waals surface area contributed by atoms with Crippen molar-refractivity contribution in [1.82, 2.24) is 24.7 Å². The second kappa shape index (κ2) is 8.03. The second-order valence-electron chi connectivity index (χ2n) is 7.29. The predicted octanol–water partition coefficient (Wildman–Crippen LogP) is 0.841. The van der Waals surface area contributed by atoms with Crippen LogP contribution >= 0.6 is 0 Å². The van der Waals surface area contributed by atoms with Gasteiger partial charge in [0.1, 0.15) is 0 Å². The van der Waals surface area contributed by atoms with Gasteiger partial charge in [-0.1, -0.05) is 0 Å². The highest BCUT2D eigenvalue weighted by Gasteiger charge is 2.20. The molecule has 0 bridgehead atoms. The maximum Gasteiger partial charge on any atom is 0.417 e. The van der Waals surface area contributed by atoms with Crippen LogP contribution in [-0.4, -0.2) is 55.5 Å². The van der Waals surface area contributed by atoms with Crippen molar-refractivity contribution in [3.63, 3.8) is 0 Å². The van der Waals surface area contributed by atoms with Crippen LogP contribution in [0, 0.1) is 0 Å². The van der Waals surface area contributed by atoms with Gasteiger partial charge in [-0.05, 0) is 37.5 Å². The fourth-order valence-corrected chi connectivity index (χ4v) is 4.26. The van der Waals surface area contributed by atoms with Gasteiger partial charge in [-0.2, -0.15) is 15.0 Å². The molecule has 1 aliphatic rings. The fourth-order valence-electron chi connectivity index (χ4n) is 3.25. The van der Waals surface area contributed by atoms with E-state index in [1.807, 2.05) is 14.1 Å². The zero-order valence-corrected chi connectivity index (χ0v) is 17.6. The number of fused-ring (bicyclic) bond motifs is 1. The molecular formula is C18H23N7O4S. The summed E-state index contributed by atoms with van der Waals surface area (Å²) in [6, 6.07) is 4.16. The number of aromatic amines is 1. The first-order valence-electron chi connectivity index (χ1n) is 9.61. The summed E-state index contributed by atoms with van der Waals surface area (Å²) in [7, 11) is -0.206. The van der Waals surface area contributed by atoms with E-state index in [9.17, 15) is 13.2 Å². The molecule has 12 heteroatoms. The van der Waals surface area contributed by atoms with Gasteiger partial charge in [0.25, 0.3) is 0 Å². The minimum absolute atomic E-state index is 0.00481. The van der Waals surface area contributed by atoms with Crippen LogP contribution < -0.4 is 20.3 Å². The van der Waals surface area contributed by atoms with E-state index in [1.165, 1.54) is 24.6 Å². The summed E-state index contributed by atoms with van der Waals surface area (Å²) in [6.45, 7) is 1.64. The van der Waals surface area contributed by atoms with Crippen molar-refractivity contribution < 1.29 is 12.8 Å². The summed E-state index contributed by atoms with van der Waals surface area (Å²) in [5, 5.41) is 0. The third-order valence-corrected chi connectivity index (χ3v) is 6.22. The molecule has 4 rings (SSSR count). The number of nitrogens with zero attached hydrogens (tertiary/aromatic N) is 5. The molecule has 160 valence electrons. The number of hydrogen-bond donors (Lipinski definition) is 2. The van der Waals surface area contributed by atoms with Crippen LogP contribution in [0.1, 0.15) is 25.1 Å². The number of piperidine rings is 1. The maximum absolute atomic E-state index is 12.7. The zero-order valence-electron chi connectivity index (χ0n) is 16.8. The van der Waals surface area contributed by atoms with Crippen molar-refractivity contribution in [2.45, 2.75) is 30.7 Å². The van der Waals surface area contributed by atoms with E-state index in [2.05, 4.69) is 29.6 Å². The van der Waals surface area contributed by atoms with E-state index >= 15 is 0 Å². The van der Waals surface area contributed by atoms with Crippen LogP contribution in [0.4, 0.5) is 11.9 Å². The number of anilines is 2. The van der Waals surface area contributed by atoms with Crippen molar-refractivity contribution in [1.29, 1.82) is 0 Å². The molecule has 2 N–H and O–H groups in total. The molecule has 0 amide bonds. The number of aromatic nitrogens is 4. The van der Waals surface area contributed by atoms with Gasteiger partial charge in [0.2, 0.25) is 21.9 Å². The Balaban J connectivity index is 1.57. The number of rotatable bonds is 6. The van der Waals surface area contributed by atoms with Gasteiger partial charge in [-0.25, -0.2) is 17.9 Å². The van der Waals surface area contributed by atoms with Crippen LogP contribution in [0.15, 0.2) is 32.3 Å². The molecule has 1 saturated heterocycles. The minimum Gasteiger partial charge on any atom is -0.408 e. The average Bonchev–Trinajstić information content (AvgIpc) is 3.12. The summed E-state index contributed by atoms with van der Waals surface area (Å²) in [6.07, 6.45) is 3.33. The molecule has 0 spiro atoms. The van der Waals surface area contributed by atoms with E-state index in [0.29, 0.717) is 28.8 Å². The molecular weight excluding hydrogens is 410 g/mol. The van der Waals surface area contributed by atoms with Crippen molar-refractivity contribution in [3.8, 4) is 0 Å². The Kier molecular flexibility index (Phi) is 5.43. The van der Waals surface area contributed by atoms with Gasteiger partial charge in [-0.15, -0.1) is 0 Å². The number of H-pyrrole nitrogens is 1. The topological polar surface area (TPSA) is 137 Å². The minimum atomic E-state index is -3.85. The summed E-state index contributed by atoms with van der Waals surface area (Å²) in [5.41, 5.74) is 0.600. The summed E-state index contributed by atoms with van der Waals surface area (Å²) in [4.78, 5) is 31.0. The molecule has 0 unspecified atom stereocenters. The first-order chi connectivity index (χ1) is 14.3. The van der Waals surface area contributed by atoms with Gasteiger partial charge in [0.15, 0.2) is 11.4 Å². The fraction of sp³-hybridized carbons (Fsp3) is 0.444. The van der Waals surface area contributed by atoms with Gasteiger partial charge in [-0.3, -0.25) is 4.98 Å². The van der Waals surface area contributed by atoms with E-state index in [4.69, 9.17) is 4.42 Å². The third kappa shape index (κ3) is 4.28. The maximum atomic E-state index is 12.7. The molecule has 0 aliphatic carbocycles. The quantitative estimate of drug-likeness (QED) is 0.579. The molecule has 0 radical (unpaired) electrons. The molecule has 11 nitrogen and oxygen atoms in total. The van der Waals surface area contributed by atoms with E-state index < -0.39 is 15.8 Å². The van der Waals surface area contributed by atoms with Crippen LogP contribution in [0.5, 0.6) is 0 Å². The molecule has 1 aliphatic heterocycles. The molecule has 1 fully saturated rings. The predicted molar refractivity (Wildman–Crippen MR) is 111 cm³/mol. The standard InChI is InChI=1S/C18H23N7O4S/c1-24(2)16-21-15(22-17(23-16)25-8-4-3-5-9-25)11-19-30(27,28)12-6-7-14-13(10-12)20-18(26)29-14/h6-7,10,19H,3-5,8-9,11H2,1-2H3,(H,20,26). The van der Waals surface area contributed by atoms with Crippen molar-refractivity contribution in [3.05, 3.63) is 34.6 Å². The Bertz CT molecular complexity index is 1210. The lowest BCUT2D eigenvalue weighted by Crippen LogP contribution is -2.33. The lowest BCUT2D eigenvalue weighted by atomic mass is 10.1. The lowest BCUT2D eigenvalue weighted by molar-refractivity contribution is 0.555. The van der Waals surface area contributed by atoms with E-state index in [0.717, 1.165) is 25.9 Å². The molecule has 3 aromatic rings. The molecule has 3 heterocycles. The monoisotopic (exact) mass is 433 g/mol. The Morgan fingerprint density at radius 1 is 1.17 bits per heavy atom. The van der Waals surface area contributed by atoms with Gasteiger partial charge < -0.3 is 14.2 Å². The normalized spacial score (nSPS) is 14.9. The van der Waals surface area contributed by atoms with Gasteiger partial charge in [0, 0.05) is 27.2 Å². The Morgan fingerprint density at radius 3 is 2.67 bits per heavy atom. The van der Waals surface area contributed by atoms with Crippen LogP contribution in [0.2, 0.25) is 0 Å². The van der Waals surface area contributed by atoms with Gasteiger partial charge >= 0.3 is 5.76 Å². The SMILES string of the molecule is CN(C)c1nc(CNS(=O)(=O)c2ccc3oc(=O)[nH]c3c2)nc(N2CCCCC2)n1. The first kappa shape index (κ1) is 20.3. The lowest BCUT2D eigenvalue weighted by Gasteiger charge is -2.27. The molecule has 2 aromatic heterocycles. The number of sulfonamides is 1. The molecule has 0 atom stereocenters. The van der Waals surface area contributed by atoms with Crippen molar-refractivity contribution in [2.24, 2.45) is 0 Å². The Hall–Kier alpha value is -2.99. The molecule has 30 heavy (non-hydrogen) atoms. The number of nitrogens with one attached hydrogen (secondary N) is 2. The smallest absolute Gasteiger partial charge is 0.408 e. The molecule has 0 saturated carbocycles. The zero-order chi connectivity index (χ0) is 21.3.